The number of carbonyl (C=O) groups excluding carboxylic acids is 2. The molecule has 1 atom stereocenters. The van der Waals surface area contributed by atoms with Crippen molar-refractivity contribution in [3.8, 4) is 17.4 Å². The Morgan fingerprint density at radius 3 is 2.70 bits per heavy atom. The molecule has 0 saturated carbocycles. The summed E-state index contributed by atoms with van der Waals surface area (Å²) in [4.78, 5) is 30.9. The first-order valence-corrected chi connectivity index (χ1v) is 13.3. The van der Waals surface area contributed by atoms with Crippen LogP contribution in [-0.4, -0.2) is 33.1 Å². The van der Waals surface area contributed by atoms with Gasteiger partial charge in [-0.1, -0.05) is 43.5 Å². The number of amides is 2. The van der Waals surface area contributed by atoms with Gasteiger partial charge in [-0.3, -0.25) is 9.59 Å². The number of carbonyl (C=O) groups is 2. The lowest BCUT2D eigenvalue weighted by atomic mass is 10.1. The molecule has 0 spiro atoms. The van der Waals surface area contributed by atoms with Crippen LogP contribution in [0, 0.1) is 12.8 Å². The van der Waals surface area contributed by atoms with Crippen LogP contribution in [0.5, 0.6) is 11.6 Å². The molecule has 0 fully saturated rings. The number of nitrogens with one attached hydrogen (secondary N) is 2. The highest BCUT2D eigenvalue weighted by Gasteiger charge is 2.24. The molecular weight excluding hydrogens is 533 g/mol. The summed E-state index contributed by atoms with van der Waals surface area (Å²) in [5.41, 5.74) is 1.35. The number of ether oxygens (including phenoxy) is 1. The second-order valence-corrected chi connectivity index (χ2v) is 10.1. The van der Waals surface area contributed by atoms with Gasteiger partial charge in [0.15, 0.2) is 5.82 Å². The highest BCUT2D eigenvalue weighted by molar-refractivity contribution is 7.08. The molecule has 0 bridgehead atoms. The van der Waals surface area contributed by atoms with E-state index in [0.717, 1.165) is 6.42 Å². The third-order valence-electron chi connectivity index (χ3n) is 5.67. The molecule has 0 aliphatic carbocycles. The Morgan fingerprint density at radius 2 is 2.00 bits per heavy atom. The van der Waals surface area contributed by atoms with Gasteiger partial charge in [0.05, 0.1) is 16.3 Å². The Hall–Kier alpha value is -3.40. The predicted molar refractivity (Wildman–Crippen MR) is 147 cm³/mol. The summed E-state index contributed by atoms with van der Waals surface area (Å²) in [6, 6.07) is 9.83. The molecular formula is C26H25Cl2N5O3S. The van der Waals surface area contributed by atoms with Crippen LogP contribution in [0.1, 0.15) is 46.7 Å². The lowest BCUT2D eigenvalue weighted by Crippen LogP contribution is -2.29. The first-order chi connectivity index (χ1) is 17.8. The Morgan fingerprint density at radius 1 is 1.19 bits per heavy atom. The largest absolute Gasteiger partial charge is 0.437 e. The van der Waals surface area contributed by atoms with E-state index in [4.69, 9.17) is 27.9 Å². The molecule has 0 aliphatic rings. The Balaban J connectivity index is 1.70. The summed E-state index contributed by atoms with van der Waals surface area (Å²) in [5.74, 6) is 0.474. The maximum atomic E-state index is 13.6. The number of anilines is 1. The molecule has 37 heavy (non-hydrogen) atoms. The van der Waals surface area contributed by atoms with E-state index >= 15 is 0 Å². The maximum Gasteiger partial charge on any atom is 0.274 e. The van der Waals surface area contributed by atoms with Crippen molar-refractivity contribution in [2.75, 3.05) is 11.9 Å². The number of hydrogen-bond donors (Lipinski definition) is 2. The van der Waals surface area contributed by atoms with E-state index in [1.807, 2.05) is 17.7 Å². The summed E-state index contributed by atoms with van der Waals surface area (Å²) in [5, 5.41) is 14.6. The van der Waals surface area contributed by atoms with Crippen LogP contribution in [0.4, 0.5) is 5.69 Å². The van der Waals surface area contributed by atoms with Crippen LogP contribution in [0.3, 0.4) is 0 Å². The van der Waals surface area contributed by atoms with Crippen molar-refractivity contribution in [1.82, 2.24) is 20.1 Å². The van der Waals surface area contributed by atoms with E-state index in [1.54, 1.807) is 37.4 Å². The number of benzene rings is 1. The second kappa shape index (κ2) is 11.8. The highest BCUT2D eigenvalue weighted by Crippen LogP contribution is 2.29. The zero-order valence-electron chi connectivity index (χ0n) is 20.4. The zero-order valence-corrected chi connectivity index (χ0v) is 22.7. The second-order valence-electron chi connectivity index (χ2n) is 8.47. The maximum absolute atomic E-state index is 13.6. The molecule has 192 valence electrons. The van der Waals surface area contributed by atoms with Gasteiger partial charge in [0.25, 0.3) is 11.8 Å². The smallest absolute Gasteiger partial charge is 0.274 e. The summed E-state index contributed by atoms with van der Waals surface area (Å²) in [7, 11) is 0. The zero-order chi connectivity index (χ0) is 26.5. The molecule has 3 aromatic heterocycles. The molecule has 2 N–H and O–H groups in total. The molecule has 2 amide bonds. The van der Waals surface area contributed by atoms with Crippen LogP contribution in [-0.2, 0) is 0 Å². The van der Waals surface area contributed by atoms with Crippen LogP contribution in [0.15, 0.2) is 53.4 Å². The number of nitrogens with zero attached hydrogens (tertiary/aromatic N) is 3. The molecule has 1 unspecified atom stereocenters. The number of halogens is 2. The van der Waals surface area contributed by atoms with E-state index in [9.17, 15) is 9.59 Å². The summed E-state index contributed by atoms with van der Waals surface area (Å²) in [6.45, 7) is 6.37. The van der Waals surface area contributed by atoms with Gasteiger partial charge in [-0.05, 0) is 54.1 Å². The monoisotopic (exact) mass is 557 g/mol. The molecule has 0 aliphatic heterocycles. The van der Waals surface area contributed by atoms with Gasteiger partial charge in [-0.25, -0.2) is 9.67 Å². The number of thiophene rings is 1. The molecule has 11 heteroatoms. The lowest BCUT2D eigenvalue weighted by Gasteiger charge is -2.16. The van der Waals surface area contributed by atoms with Gasteiger partial charge in [0.1, 0.15) is 11.4 Å². The standard InChI is InChI=1S/C26H25Cl2N5O3S/c1-4-15(2)13-30-25(34)19-11-17(27)10-16(3)23(19)31-26(35)21-12-22(36-18-7-9-37-14-18)32-33(21)24-20(28)6-5-8-29-24/h5-12,14-15H,4,13H2,1-3H3,(H,30,34)(H,31,35). The quantitative estimate of drug-likeness (QED) is 0.236. The van der Waals surface area contributed by atoms with Crippen LogP contribution >= 0.6 is 34.5 Å². The van der Waals surface area contributed by atoms with Crippen molar-refractivity contribution in [1.29, 1.82) is 0 Å². The average molecular weight is 558 g/mol. The van der Waals surface area contributed by atoms with E-state index in [0.29, 0.717) is 39.5 Å². The minimum absolute atomic E-state index is 0.117. The van der Waals surface area contributed by atoms with Crippen molar-refractivity contribution >= 4 is 52.0 Å². The third kappa shape index (κ3) is 6.30. The molecule has 8 nitrogen and oxygen atoms in total. The SMILES string of the molecule is CCC(C)CNC(=O)c1cc(Cl)cc(C)c1NC(=O)c1cc(Oc2ccsc2)nn1-c1ncccc1Cl. The fraction of sp³-hybridized carbons (Fsp3) is 0.231. The fourth-order valence-corrected chi connectivity index (χ4v) is 4.50. The first-order valence-electron chi connectivity index (χ1n) is 11.6. The van der Waals surface area contributed by atoms with Crippen molar-refractivity contribution in [3.05, 3.63) is 80.2 Å². The molecule has 0 radical (unpaired) electrons. The van der Waals surface area contributed by atoms with Gasteiger partial charge in [-0.2, -0.15) is 0 Å². The topological polar surface area (TPSA) is 98.1 Å². The average Bonchev–Trinajstić information content (AvgIpc) is 3.54. The number of hydrogen-bond acceptors (Lipinski definition) is 6. The summed E-state index contributed by atoms with van der Waals surface area (Å²) >= 11 is 14.1. The van der Waals surface area contributed by atoms with Crippen LogP contribution in [0.2, 0.25) is 10.0 Å². The predicted octanol–water partition coefficient (Wildman–Crippen LogP) is 6.76. The van der Waals surface area contributed by atoms with Gasteiger partial charge < -0.3 is 15.4 Å². The molecule has 1 aromatic carbocycles. The minimum atomic E-state index is -0.532. The first kappa shape index (κ1) is 26.7. The summed E-state index contributed by atoms with van der Waals surface area (Å²) in [6.07, 6.45) is 2.47. The van der Waals surface area contributed by atoms with Gasteiger partial charge in [0.2, 0.25) is 5.88 Å². The Bertz CT molecular complexity index is 1420. The van der Waals surface area contributed by atoms with Crippen molar-refractivity contribution < 1.29 is 14.3 Å². The van der Waals surface area contributed by atoms with Crippen molar-refractivity contribution in [2.45, 2.75) is 27.2 Å². The van der Waals surface area contributed by atoms with E-state index < -0.39 is 5.91 Å². The number of aryl methyl sites for hydroxylation is 1. The van der Waals surface area contributed by atoms with Gasteiger partial charge in [-0.15, -0.1) is 16.4 Å². The lowest BCUT2D eigenvalue weighted by molar-refractivity contribution is 0.0948. The number of aromatic nitrogens is 3. The number of pyridine rings is 1. The Kier molecular flexibility index (Phi) is 8.48. The normalized spacial score (nSPS) is 11.7. The van der Waals surface area contributed by atoms with Crippen molar-refractivity contribution in [2.24, 2.45) is 5.92 Å². The van der Waals surface area contributed by atoms with Crippen molar-refractivity contribution in [3.63, 3.8) is 0 Å². The Labute approximate surface area is 228 Å². The van der Waals surface area contributed by atoms with Crippen LogP contribution in [0.25, 0.3) is 5.82 Å². The van der Waals surface area contributed by atoms with Crippen LogP contribution < -0.4 is 15.4 Å². The molecule has 4 aromatic rings. The molecule has 4 rings (SSSR count). The third-order valence-corrected chi connectivity index (χ3v) is 6.84. The molecule has 3 heterocycles. The van der Waals surface area contributed by atoms with E-state index in [1.165, 1.54) is 28.2 Å². The van der Waals surface area contributed by atoms with E-state index in [-0.39, 0.29) is 28.9 Å². The van der Waals surface area contributed by atoms with Gasteiger partial charge >= 0.3 is 0 Å². The van der Waals surface area contributed by atoms with Gasteiger partial charge in [0, 0.05) is 29.2 Å². The fourth-order valence-electron chi connectivity index (χ4n) is 3.47. The molecule has 0 saturated heterocycles. The highest BCUT2D eigenvalue weighted by atomic mass is 35.5. The van der Waals surface area contributed by atoms with E-state index in [2.05, 4.69) is 27.6 Å². The minimum Gasteiger partial charge on any atom is -0.437 e. The summed E-state index contributed by atoms with van der Waals surface area (Å²) < 4.78 is 7.13. The number of rotatable bonds is 9.